The highest BCUT2D eigenvalue weighted by Gasteiger charge is 2.42. The third kappa shape index (κ3) is 11.8. The molecule has 0 N–H and O–H groups in total. The van der Waals surface area contributed by atoms with E-state index in [-0.39, 0.29) is 5.41 Å². The molecule has 6 aromatic carbocycles. The van der Waals surface area contributed by atoms with Gasteiger partial charge in [-0.25, -0.2) is 0 Å². The number of ether oxygens (including phenoxy) is 6. The van der Waals surface area contributed by atoms with Crippen LogP contribution >= 0.6 is 34.0 Å². The number of hydrogen-bond donors (Lipinski definition) is 0. The Hall–Kier alpha value is -6.46. The van der Waals surface area contributed by atoms with E-state index in [1.54, 1.807) is 22.7 Å². The van der Waals surface area contributed by atoms with Crippen LogP contribution in [-0.2, 0) is 62.0 Å². The molecule has 3 aromatic heterocycles. The summed E-state index contributed by atoms with van der Waals surface area (Å²) in [5.41, 5.74) is 8.86. The maximum absolute atomic E-state index is 6.87. The lowest BCUT2D eigenvalue weighted by molar-refractivity contribution is -0.0280. The minimum atomic E-state index is -0.321. The van der Waals surface area contributed by atoms with Gasteiger partial charge in [0.15, 0.2) is 0 Å². The van der Waals surface area contributed by atoms with Crippen LogP contribution < -0.4 is 18.9 Å². The molecule has 68 heavy (non-hydrogen) atoms. The summed E-state index contributed by atoms with van der Waals surface area (Å²) in [6.07, 6.45) is 1.68. The quantitative estimate of drug-likeness (QED) is 0.0675. The average Bonchev–Trinajstić information content (AvgIpc) is 4.23. The van der Waals surface area contributed by atoms with E-state index in [4.69, 9.17) is 28.4 Å². The van der Waals surface area contributed by atoms with Crippen LogP contribution in [0.15, 0.2) is 193 Å². The van der Waals surface area contributed by atoms with Gasteiger partial charge in [-0.3, -0.25) is 0 Å². The minimum absolute atomic E-state index is 0.321. The Morgan fingerprint density at radius 1 is 0.353 bits per heavy atom. The van der Waals surface area contributed by atoms with E-state index in [2.05, 4.69) is 108 Å². The van der Waals surface area contributed by atoms with Crippen molar-refractivity contribution in [1.29, 1.82) is 0 Å². The zero-order valence-corrected chi connectivity index (χ0v) is 40.2. The van der Waals surface area contributed by atoms with Crippen molar-refractivity contribution in [2.24, 2.45) is 5.41 Å². The highest BCUT2D eigenvalue weighted by molar-refractivity contribution is 7.26. The van der Waals surface area contributed by atoms with Crippen LogP contribution in [0.1, 0.15) is 44.5 Å². The van der Waals surface area contributed by atoms with Crippen LogP contribution in [0.25, 0.3) is 19.5 Å². The van der Waals surface area contributed by atoms with Crippen LogP contribution in [0.3, 0.4) is 0 Å². The Bertz CT molecular complexity index is 2630. The van der Waals surface area contributed by atoms with Crippen LogP contribution in [0.4, 0.5) is 0 Å². The lowest BCUT2D eigenvalue weighted by atomic mass is 9.86. The predicted molar refractivity (Wildman–Crippen MR) is 276 cm³/mol. The Kier molecular flexibility index (Phi) is 14.7. The molecule has 342 valence electrons. The van der Waals surface area contributed by atoms with Gasteiger partial charge in [-0.15, -0.1) is 34.0 Å². The first kappa shape index (κ1) is 45.3. The Morgan fingerprint density at radius 3 is 1.00 bits per heavy atom. The summed E-state index contributed by atoms with van der Waals surface area (Å²) in [7, 11) is 0. The van der Waals surface area contributed by atoms with Crippen LogP contribution in [0.2, 0.25) is 0 Å². The first-order valence-electron chi connectivity index (χ1n) is 22.9. The standard InChI is InChI=1S/C59H52O6S3/c1-5-15-43(16-6-1)37-62-49-27-47(28-50(31-49)63-38-44-17-7-2-8-18-44)35-60-41-59(33-53-54(34-59)58(56-24-14-26-67-56)68-57(53)55-23-13-25-66-55)42-61-36-48-29-51(64-39-45-19-9-3-10-20-45)32-52(30-48)65-40-46-21-11-4-12-22-46/h1-32H,33-42H2. The summed E-state index contributed by atoms with van der Waals surface area (Å²) in [5, 5.41) is 4.34. The third-order valence-corrected chi connectivity index (χ3v) is 15.3. The summed E-state index contributed by atoms with van der Waals surface area (Å²) in [4.78, 5) is 5.31. The minimum Gasteiger partial charge on any atom is -0.489 e. The van der Waals surface area contributed by atoms with Gasteiger partial charge < -0.3 is 28.4 Å². The summed E-state index contributed by atoms with van der Waals surface area (Å²) < 4.78 is 39.2. The van der Waals surface area contributed by atoms with E-state index in [9.17, 15) is 0 Å². The molecule has 6 nitrogen and oxygen atoms in total. The molecule has 10 rings (SSSR count). The third-order valence-electron chi connectivity index (χ3n) is 11.9. The molecule has 3 heterocycles. The molecule has 0 atom stereocenters. The van der Waals surface area contributed by atoms with Gasteiger partial charge in [0.1, 0.15) is 49.4 Å². The molecule has 1 aliphatic carbocycles. The zero-order chi connectivity index (χ0) is 45.8. The average molecular weight is 953 g/mol. The molecule has 0 spiro atoms. The number of hydrogen-bond acceptors (Lipinski definition) is 9. The predicted octanol–water partition coefficient (Wildman–Crippen LogP) is 15.0. The SMILES string of the molecule is c1ccc(COc2cc(COCC3(COCc4cc(OCc5ccccc5)cc(OCc5ccccc5)c4)Cc4c(-c5cccs5)sc(-c5cccs5)c4C3)cc(OCc3ccccc3)c2)cc1. The molecule has 0 amide bonds. The number of rotatable bonds is 22. The second kappa shape index (κ2) is 22.1. The first-order chi connectivity index (χ1) is 33.6. The van der Waals surface area contributed by atoms with Crippen molar-refractivity contribution < 1.29 is 28.4 Å². The second-order valence-corrected chi connectivity index (χ2v) is 20.1. The van der Waals surface area contributed by atoms with Gasteiger partial charge >= 0.3 is 0 Å². The van der Waals surface area contributed by atoms with E-state index < -0.39 is 0 Å². The van der Waals surface area contributed by atoms with Gasteiger partial charge in [-0.1, -0.05) is 133 Å². The van der Waals surface area contributed by atoms with E-state index in [0.29, 0.717) is 52.9 Å². The molecule has 0 saturated heterocycles. The van der Waals surface area contributed by atoms with Crippen molar-refractivity contribution in [2.75, 3.05) is 13.2 Å². The molecule has 9 heteroatoms. The molecular formula is C59H52O6S3. The fourth-order valence-electron chi connectivity index (χ4n) is 8.64. The van der Waals surface area contributed by atoms with Crippen LogP contribution in [-0.4, -0.2) is 13.2 Å². The lowest BCUT2D eigenvalue weighted by Gasteiger charge is -2.29. The van der Waals surface area contributed by atoms with Crippen molar-refractivity contribution in [2.45, 2.75) is 52.5 Å². The van der Waals surface area contributed by atoms with E-state index in [1.807, 2.05) is 96.3 Å². The Balaban J connectivity index is 0.905. The highest BCUT2D eigenvalue weighted by Crippen LogP contribution is 2.53. The second-order valence-electron chi connectivity index (χ2n) is 17.2. The van der Waals surface area contributed by atoms with Crippen molar-refractivity contribution in [3.63, 3.8) is 0 Å². The van der Waals surface area contributed by atoms with E-state index >= 15 is 0 Å². The van der Waals surface area contributed by atoms with Crippen molar-refractivity contribution in [1.82, 2.24) is 0 Å². The molecule has 9 aromatic rings. The van der Waals surface area contributed by atoms with Crippen LogP contribution in [0, 0.1) is 5.41 Å². The van der Waals surface area contributed by atoms with Gasteiger partial charge in [0, 0.05) is 37.1 Å². The monoisotopic (exact) mass is 952 g/mol. The maximum atomic E-state index is 6.87. The fourth-order valence-corrected chi connectivity index (χ4v) is 11.7. The molecule has 0 fully saturated rings. The smallest absolute Gasteiger partial charge is 0.123 e. The largest absolute Gasteiger partial charge is 0.489 e. The lowest BCUT2D eigenvalue weighted by Crippen LogP contribution is -2.33. The number of fused-ring (bicyclic) bond motifs is 1. The van der Waals surface area contributed by atoms with Crippen molar-refractivity contribution in [3.8, 4) is 42.5 Å². The Morgan fingerprint density at radius 2 is 0.691 bits per heavy atom. The van der Waals surface area contributed by atoms with Gasteiger partial charge in [-0.2, -0.15) is 0 Å². The topological polar surface area (TPSA) is 55.4 Å². The van der Waals surface area contributed by atoms with Crippen molar-refractivity contribution in [3.05, 3.63) is 237 Å². The summed E-state index contributed by atoms with van der Waals surface area (Å²) in [6.45, 7) is 3.58. The number of benzene rings is 6. The van der Waals surface area contributed by atoms with E-state index in [0.717, 1.165) is 69.2 Å². The summed E-state index contributed by atoms with van der Waals surface area (Å²) >= 11 is 5.53. The molecule has 0 radical (unpaired) electrons. The molecule has 0 unspecified atom stereocenters. The molecule has 1 aliphatic rings. The molecular weight excluding hydrogens is 901 g/mol. The van der Waals surface area contributed by atoms with Crippen molar-refractivity contribution >= 4 is 34.0 Å². The van der Waals surface area contributed by atoms with E-state index in [1.165, 1.54) is 30.6 Å². The zero-order valence-electron chi connectivity index (χ0n) is 37.7. The number of thiophene rings is 3. The Labute approximate surface area is 410 Å². The normalized spacial score (nSPS) is 12.7. The molecule has 0 aliphatic heterocycles. The first-order valence-corrected chi connectivity index (χ1v) is 25.5. The maximum Gasteiger partial charge on any atom is 0.123 e. The summed E-state index contributed by atoms with van der Waals surface area (Å²) in [5.74, 6) is 2.95. The van der Waals surface area contributed by atoms with Gasteiger partial charge in [0.25, 0.3) is 0 Å². The van der Waals surface area contributed by atoms with Gasteiger partial charge in [0.05, 0.1) is 26.4 Å². The van der Waals surface area contributed by atoms with Gasteiger partial charge in [0.2, 0.25) is 0 Å². The van der Waals surface area contributed by atoms with Gasteiger partial charge in [-0.05, 0) is 105 Å². The molecule has 0 saturated carbocycles. The molecule has 0 bridgehead atoms. The highest BCUT2D eigenvalue weighted by atomic mass is 32.1. The van der Waals surface area contributed by atoms with Crippen LogP contribution in [0.5, 0.6) is 23.0 Å². The fraction of sp³-hybridized carbons (Fsp3) is 0.186. The summed E-state index contributed by atoms with van der Waals surface area (Å²) in [6, 6.07) is 61.9.